The third-order valence-corrected chi connectivity index (χ3v) is 8.51. The van der Waals surface area contributed by atoms with Crippen molar-refractivity contribution in [3.8, 4) is 5.75 Å². The smallest absolute Gasteiger partial charge is 0.322 e. The van der Waals surface area contributed by atoms with Crippen molar-refractivity contribution in [2.45, 2.75) is 11.4 Å². The van der Waals surface area contributed by atoms with Gasteiger partial charge in [-0.1, -0.05) is 29.8 Å². The van der Waals surface area contributed by atoms with Gasteiger partial charge in [0.15, 0.2) is 0 Å². The summed E-state index contributed by atoms with van der Waals surface area (Å²) < 4.78 is 46.1. The second-order valence-corrected chi connectivity index (χ2v) is 11.3. The summed E-state index contributed by atoms with van der Waals surface area (Å²) in [6.07, 6.45) is 0. The average molecular weight is 561 g/mol. The lowest BCUT2D eigenvalue weighted by Crippen LogP contribution is -2.50. The Morgan fingerprint density at radius 3 is 2.34 bits per heavy atom. The third-order valence-electron chi connectivity index (χ3n) is 6.36. The van der Waals surface area contributed by atoms with Crippen LogP contribution in [0.1, 0.15) is 5.56 Å². The first-order valence-corrected chi connectivity index (χ1v) is 14.0. The van der Waals surface area contributed by atoms with Crippen LogP contribution >= 0.6 is 11.6 Å². The minimum absolute atomic E-state index is 0.231. The predicted octanol–water partition coefficient (Wildman–Crippen LogP) is 4.53. The zero-order chi connectivity index (χ0) is 27.1. The van der Waals surface area contributed by atoms with Gasteiger partial charge < -0.3 is 15.0 Å². The fraction of sp³-hybridized carbons (Fsp3) is 0.296. The van der Waals surface area contributed by atoms with Crippen LogP contribution in [0.4, 0.5) is 14.9 Å². The van der Waals surface area contributed by atoms with Crippen LogP contribution in [0.5, 0.6) is 5.75 Å². The van der Waals surface area contributed by atoms with Crippen molar-refractivity contribution in [3.05, 3.63) is 89.2 Å². The number of piperazine rings is 1. The first-order valence-electron chi connectivity index (χ1n) is 12.2. The molecule has 3 aromatic carbocycles. The summed E-state index contributed by atoms with van der Waals surface area (Å²) in [5, 5.41) is 3.38. The number of nitrogens with zero attached hydrogens (tertiary/aromatic N) is 3. The molecule has 0 atom stereocenters. The highest BCUT2D eigenvalue weighted by Crippen LogP contribution is 2.21. The quantitative estimate of drug-likeness (QED) is 0.416. The monoisotopic (exact) mass is 560 g/mol. The number of halogens is 2. The van der Waals surface area contributed by atoms with Crippen molar-refractivity contribution < 1.29 is 22.3 Å². The summed E-state index contributed by atoms with van der Waals surface area (Å²) in [5.74, 6) is 0.254. The number of sulfonamides is 1. The Bertz CT molecular complexity index is 1330. The second-order valence-electron chi connectivity index (χ2n) is 8.91. The molecule has 0 spiro atoms. The lowest BCUT2D eigenvalue weighted by Gasteiger charge is -2.35. The van der Waals surface area contributed by atoms with E-state index in [0.717, 1.165) is 5.56 Å². The summed E-state index contributed by atoms with van der Waals surface area (Å²) >= 11 is 6.05. The van der Waals surface area contributed by atoms with Crippen LogP contribution in [0.2, 0.25) is 5.02 Å². The van der Waals surface area contributed by atoms with Crippen molar-refractivity contribution in [2.75, 3.05) is 51.7 Å². The Morgan fingerprint density at radius 1 is 1.03 bits per heavy atom. The number of urea groups is 1. The summed E-state index contributed by atoms with van der Waals surface area (Å²) in [6, 6.07) is 19.0. The van der Waals surface area contributed by atoms with Gasteiger partial charge in [-0.15, -0.1) is 0 Å². The molecular formula is C27H30ClFN4O4S. The van der Waals surface area contributed by atoms with Gasteiger partial charge in [0.05, 0.1) is 12.0 Å². The van der Waals surface area contributed by atoms with E-state index >= 15 is 0 Å². The van der Waals surface area contributed by atoms with Gasteiger partial charge >= 0.3 is 6.03 Å². The molecule has 0 aliphatic carbocycles. The standard InChI is InChI=1S/C27H30ClFN4O4S/c1-37-25-9-11-26(12-10-25)38(35,36)33-17-14-31(15-18-33)13-16-32(20-21-5-7-23(29)8-6-21)27(34)30-24-4-2-3-22(28)19-24/h2-12,19H,13-18,20H2,1H3,(H,30,34). The molecule has 38 heavy (non-hydrogen) atoms. The van der Waals surface area contributed by atoms with Crippen LogP contribution in [0.3, 0.4) is 0 Å². The van der Waals surface area contributed by atoms with Crippen LogP contribution in [-0.2, 0) is 16.6 Å². The summed E-state index contributed by atoms with van der Waals surface area (Å²) in [7, 11) is -2.07. The number of hydrogen-bond acceptors (Lipinski definition) is 5. The van der Waals surface area contributed by atoms with Gasteiger partial charge in [0, 0.05) is 56.5 Å². The van der Waals surface area contributed by atoms with E-state index in [9.17, 15) is 17.6 Å². The Kier molecular flexibility index (Phi) is 9.22. The summed E-state index contributed by atoms with van der Waals surface area (Å²) in [5.41, 5.74) is 1.37. The molecule has 0 saturated carbocycles. The Balaban J connectivity index is 1.37. The van der Waals surface area contributed by atoms with Gasteiger partial charge in [0.25, 0.3) is 0 Å². The van der Waals surface area contributed by atoms with E-state index in [4.69, 9.17) is 16.3 Å². The first-order chi connectivity index (χ1) is 18.2. The highest BCUT2D eigenvalue weighted by molar-refractivity contribution is 7.89. The molecule has 1 N–H and O–H groups in total. The van der Waals surface area contributed by atoms with Crippen molar-refractivity contribution in [2.24, 2.45) is 0 Å². The maximum Gasteiger partial charge on any atom is 0.322 e. The molecule has 3 aromatic rings. The largest absolute Gasteiger partial charge is 0.497 e. The van der Waals surface area contributed by atoms with Gasteiger partial charge in [-0.2, -0.15) is 4.31 Å². The van der Waals surface area contributed by atoms with Crippen LogP contribution in [-0.4, -0.2) is 74.9 Å². The Hall–Kier alpha value is -3.18. The van der Waals surface area contributed by atoms with Crippen molar-refractivity contribution >= 4 is 33.3 Å². The Labute approximate surface area is 227 Å². The average Bonchev–Trinajstić information content (AvgIpc) is 2.92. The molecule has 202 valence electrons. The van der Waals surface area contributed by atoms with E-state index in [2.05, 4.69) is 10.2 Å². The van der Waals surface area contributed by atoms with Crippen molar-refractivity contribution in [1.29, 1.82) is 0 Å². The van der Waals surface area contributed by atoms with Gasteiger partial charge in [0.2, 0.25) is 10.0 Å². The van der Waals surface area contributed by atoms with Crippen LogP contribution in [0.25, 0.3) is 0 Å². The zero-order valence-corrected chi connectivity index (χ0v) is 22.6. The molecule has 0 aromatic heterocycles. The molecule has 0 bridgehead atoms. The SMILES string of the molecule is COc1ccc(S(=O)(=O)N2CCN(CCN(Cc3ccc(F)cc3)C(=O)Nc3cccc(Cl)c3)CC2)cc1. The fourth-order valence-corrected chi connectivity index (χ4v) is 5.80. The lowest BCUT2D eigenvalue weighted by atomic mass is 10.2. The maximum absolute atomic E-state index is 13.4. The minimum atomic E-state index is -3.60. The highest BCUT2D eigenvalue weighted by atomic mass is 35.5. The lowest BCUT2D eigenvalue weighted by molar-refractivity contribution is 0.161. The van der Waals surface area contributed by atoms with E-state index in [0.29, 0.717) is 62.3 Å². The highest BCUT2D eigenvalue weighted by Gasteiger charge is 2.29. The maximum atomic E-state index is 13.4. The molecular weight excluding hydrogens is 531 g/mol. The number of amides is 2. The number of ether oxygens (including phenoxy) is 1. The minimum Gasteiger partial charge on any atom is -0.497 e. The van der Waals surface area contributed by atoms with Crippen LogP contribution in [0.15, 0.2) is 77.7 Å². The van der Waals surface area contributed by atoms with Gasteiger partial charge in [-0.3, -0.25) is 4.90 Å². The van der Waals surface area contributed by atoms with Gasteiger partial charge in [0.1, 0.15) is 11.6 Å². The number of rotatable bonds is 9. The van der Waals surface area contributed by atoms with Gasteiger partial charge in [-0.05, 0) is 60.2 Å². The molecule has 8 nitrogen and oxygen atoms in total. The molecule has 2 amide bonds. The van der Waals surface area contributed by atoms with Crippen LogP contribution < -0.4 is 10.1 Å². The predicted molar refractivity (Wildman–Crippen MR) is 145 cm³/mol. The molecule has 1 aliphatic heterocycles. The van der Waals surface area contributed by atoms with E-state index in [1.165, 1.54) is 23.5 Å². The first kappa shape index (κ1) is 27.8. The van der Waals surface area contributed by atoms with E-state index < -0.39 is 10.0 Å². The number of benzene rings is 3. The van der Waals surface area contributed by atoms with Crippen molar-refractivity contribution in [1.82, 2.24) is 14.1 Å². The fourth-order valence-electron chi connectivity index (χ4n) is 4.18. The molecule has 1 saturated heterocycles. The molecule has 1 fully saturated rings. The van der Waals surface area contributed by atoms with E-state index in [1.807, 2.05) is 0 Å². The van der Waals surface area contributed by atoms with E-state index in [-0.39, 0.29) is 16.7 Å². The zero-order valence-electron chi connectivity index (χ0n) is 21.0. The third kappa shape index (κ3) is 7.22. The van der Waals surface area contributed by atoms with Gasteiger partial charge in [-0.25, -0.2) is 17.6 Å². The number of nitrogens with one attached hydrogen (secondary N) is 1. The van der Waals surface area contributed by atoms with Crippen molar-refractivity contribution in [3.63, 3.8) is 0 Å². The van der Waals surface area contributed by atoms with E-state index in [1.54, 1.807) is 65.6 Å². The summed E-state index contributed by atoms with van der Waals surface area (Å²) in [4.78, 5) is 17.1. The number of hydrogen-bond donors (Lipinski definition) is 1. The topological polar surface area (TPSA) is 82.2 Å². The molecule has 1 heterocycles. The molecule has 1 aliphatic rings. The number of carbonyl (C=O) groups excluding carboxylic acids is 1. The number of carbonyl (C=O) groups is 1. The Morgan fingerprint density at radius 2 is 1.71 bits per heavy atom. The molecule has 11 heteroatoms. The second kappa shape index (κ2) is 12.6. The summed E-state index contributed by atoms with van der Waals surface area (Å²) in [6.45, 7) is 3.02. The number of methoxy groups -OCH3 is 1. The normalized spacial score (nSPS) is 14.7. The molecule has 4 rings (SSSR count). The molecule has 0 unspecified atom stereocenters. The number of anilines is 1. The molecule has 0 radical (unpaired) electrons. The van der Waals surface area contributed by atoms with Crippen LogP contribution in [0, 0.1) is 5.82 Å².